The summed E-state index contributed by atoms with van der Waals surface area (Å²) in [5.41, 5.74) is 0.771. The van der Waals surface area contributed by atoms with E-state index in [0.717, 1.165) is 5.56 Å². The number of para-hydroxylation sites is 1. The first-order valence-corrected chi connectivity index (χ1v) is 8.03. The van der Waals surface area contributed by atoms with Crippen LogP contribution in [0.3, 0.4) is 0 Å². The van der Waals surface area contributed by atoms with E-state index in [9.17, 15) is 14.4 Å². The third kappa shape index (κ3) is 4.70. The molecular formula is C18H18FN3O4. The maximum atomic E-state index is 13.0. The number of benzene rings is 2. The number of aliphatic imine (C=N–C) groups is 1. The molecule has 1 atom stereocenters. The number of amides is 2. The van der Waals surface area contributed by atoms with Crippen molar-refractivity contribution in [1.82, 2.24) is 10.4 Å². The van der Waals surface area contributed by atoms with E-state index in [1.165, 1.54) is 12.1 Å². The molecule has 0 saturated carbocycles. The summed E-state index contributed by atoms with van der Waals surface area (Å²) in [6, 6.07) is 13.8. The lowest BCUT2D eigenvalue weighted by atomic mass is 10.1. The van der Waals surface area contributed by atoms with E-state index in [4.69, 9.17) is 9.47 Å². The van der Waals surface area contributed by atoms with Gasteiger partial charge in [0.1, 0.15) is 30.8 Å². The van der Waals surface area contributed by atoms with Gasteiger partial charge in [0.15, 0.2) is 0 Å². The number of hydrogen-bond acceptors (Lipinski definition) is 5. The molecular weight excluding hydrogens is 341 g/mol. The fourth-order valence-corrected chi connectivity index (χ4v) is 2.32. The van der Waals surface area contributed by atoms with Crippen molar-refractivity contribution in [3.8, 4) is 5.75 Å². The van der Waals surface area contributed by atoms with Crippen molar-refractivity contribution in [2.24, 2.45) is 4.99 Å². The first kappa shape index (κ1) is 17.7. The van der Waals surface area contributed by atoms with Crippen LogP contribution in [0.15, 0.2) is 59.6 Å². The highest BCUT2D eigenvalue weighted by Gasteiger charge is 2.23. The van der Waals surface area contributed by atoms with Gasteiger partial charge < -0.3 is 9.47 Å². The van der Waals surface area contributed by atoms with Crippen LogP contribution in [0.25, 0.3) is 0 Å². The number of amidine groups is 1. The molecule has 1 aliphatic heterocycles. The first-order chi connectivity index (χ1) is 12.6. The van der Waals surface area contributed by atoms with Gasteiger partial charge in [-0.15, -0.1) is 0 Å². The summed E-state index contributed by atoms with van der Waals surface area (Å²) in [7, 11) is 0. The number of nitrogens with one attached hydrogen (secondary N) is 1. The zero-order valence-corrected chi connectivity index (χ0v) is 13.8. The predicted octanol–water partition coefficient (Wildman–Crippen LogP) is 2.73. The average Bonchev–Trinajstić information content (AvgIpc) is 3.11. The number of ether oxygens (including phenoxy) is 2. The first-order valence-electron chi connectivity index (χ1n) is 8.03. The smallest absolute Gasteiger partial charge is 0.349 e. The van der Waals surface area contributed by atoms with Crippen LogP contribution in [0.5, 0.6) is 5.75 Å². The highest BCUT2D eigenvalue weighted by molar-refractivity contribution is 5.93. The molecule has 0 aliphatic carbocycles. The van der Waals surface area contributed by atoms with Gasteiger partial charge in [-0.25, -0.2) is 19.2 Å². The summed E-state index contributed by atoms with van der Waals surface area (Å²) >= 11 is 0. The van der Waals surface area contributed by atoms with Crippen molar-refractivity contribution in [3.63, 3.8) is 0 Å². The second-order valence-corrected chi connectivity index (χ2v) is 5.53. The molecule has 0 radical (unpaired) electrons. The van der Waals surface area contributed by atoms with Gasteiger partial charge >= 0.3 is 6.03 Å². The Balaban J connectivity index is 1.46. The number of halogens is 1. The zero-order valence-electron chi connectivity index (χ0n) is 13.8. The van der Waals surface area contributed by atoms with Gasteiger partial charge in [-0.1, -0.05) is 30.3 Å². The van der Waals surface area contributed by atoms with E-state index >= 15 is 0 Å². The second kappa shape index (κ2) is 8.30. The van der Waals surface area contributed by atoms with Gasteiger partial charge in [-0.3, -0.25) is 10.5 Å². The normalized spacial score (nSPS) is 15.8. The van der Waals surface area contributed by atoms with Crippen LogP contribution in [-0.2, 0) is 4.74 Å². The standard InChI is InChI=1S/C18H18FN3O4/c19-14-8-6-13(7-9-14)16-12-26-17(20-16)21-18(23)22(24)10-11-25-15-4-2-1-3-5-15/h1-9,16,24H,10-12H2,(H,20,21,23)/t16-/m0/s1. The van der Waals surface area contributed by atoms with Crippen LogP contribution in [0.4, 0.5) is 9.18 Å². The Kier molecular flexibility index (Phi) is 5.65. The molecule has 2 aromatic carbocycles. The molecule has 2 N–H and O–H groups in total. The van der Waals surface area contributed by atoms with Gasteiger partial charge in [0.05, 0.1) is 6.54 Å². The zero-order chi connectivity index (χ0) is 18.4. The lowest BCUT2D eigenvalue weighted by molar-refractivity contribution is -0.0487. The van der Waals surface area contributed by atoms with E-state index in [-0.39, 0.29) is 37.6 Å². The molecule has 7 nitrogen and oxygen atoms in total. The van der Waals surface area contributed by atoms with E-state index in [1.54, 1.807) is 24.3 Å². The van der Waals surface area contributed by atoms with Gasteiger partial charge in [-0.2, -0.15) is 0 Å². The molecule has 1 heterocycles. The van der Waals surface area contributed by atoms with Crippen molar-refractivity contribution in [2.75, 3.05) is 19.8 Å². The number of hydroxylamine groups is 2. The van der Waals surface area contributed by atoms with Crippen LogP contribution < -0.4 is 10.1 Å². The minimum atomic E-state index is -0.778. The number of carbonyl (C=O) groups is 1. The minimum absolute atomic E-state index is 0.00681. The van der Waals surface area contributed by atoms with Gasteiger partial charge in [0.25, 0.3) is 6.02 Å². The number of urea groups is 1. The number of hydrogen-bond donors (Lipinski definition) is 2. The van der Waals surface area contributed by atoms with Crippen molar-refractivity contribution in [2.45, 2.75) is 6.04 Å². The Morgan fingerprint density at radius 3 is 2.73 bits per heavy atom. The average molecular weight is 359 g/mol. The van der Waals surface area contributed by atoms with Crippen molar-refractivity contribution in [3.05, 3.63) is 66.0 Å². The maximum Gasteiger partial charge on any atom is 0.349 e. The van der Waals surface area contributed by atoms with Gasteiger partial charge in [-0.05, 0) is 29.8 Å². The molecule has 136 valence electrons. The number of carbonyl (C=O) groups excluding carboxylic acids is 1. The lowest BCUT2D eigenvalue weighted by Gasteiger charge is -2.15. The van der Waals surface area contributed by atoms with Crippen molar-refractivity contribution >= 4 is 12.1 Å². The highest BCUT2D eigenvalue weighted by Crippen LogP contribution is 2.22. The third-order valence-electron chi connectivity index (χ3n) is 3.67. The Hall–Kier alpha value is -3.13. The monoisotopic (exact) mass is 359 g/mol. The van der Waals surface area contributed by atoms with Crippen LogP contribution >= 0.6 is 0 Å². The Labute approximate surface area is 149 Å². The fraction of sp³-hybridized carbons (Fsp3) is 0.222. The number of rotatable bonds is 5. The molecule has 3 rings (SSSR count). The molecule has 0 fully saturated rings. The van der Waals surface area contributed by atoms with Gasteiger partial charge in [0.2, 0.25) is 0 Å². The maximum absolute atomic E-state index is 13.0. The molecule has 26 heavy (non-hydrogen) atoms. The molecule has 2 amide bonds. The third-order valence-corrected chi connectivity index (χ3v) is 3.67. The van der Waals surface area contributed by atoms with Crippen molar-refractivity contribution < 1.29 is 23.9 Å². The fourth-order valence-electron chi connectivity index (χ4n) is 2.32. The molecule has 0 unspecified atom stereocenters. The topological polar surface area (TPSA) is 83.4 Å². The summed E-state index contributed by atoms with van der Waals surface area (Å²) in [5, 5.41) is 12.6. The van der Waals surface area contributed by atoms with Crippen LogP contribution in [0.2, 0.25) is 0 Å². The summed E-state index contributed by atoms with van der Waals surface area (Å²) in [6.07, 6.45) is 0. The Morgan fingerprint density at radius 2 is 2.00 bits per heavy atom. The predicted molar refractivity (Wildman–Crippen MR) is 91.5 cm³/mol. The molecule has 1 aliphatic rings. The van der Waals surface area contributed by atoms with Crippen LogP contribution in [0, 0.1) is 5.82 Å². The molecule has 0 bridgehead atoms. The Bertz CT molecular complexity index is 768. The van der Waals surface area contributed by atoms with Crippen LogP contribution in [-0.4, -0.2) is 42.1 Å². The summed E-state index contributed by atoms with van der Waals surface area (Å²) in [5.74, 6) is 0.311. The van der Waals surface area contributed by atoms with Gasteiger partial charge in [0, 0.05) is 0 Å². The quantitative estimate of drug-likeness (QED) is 0.635. The SMILES string of the molecule is O=C(NC1=N[C@H](c2ccc(F)cc2)CO1)N(O)CCOc1ccccc1. The second-order valence-electron chi connectivity index (χ2n) is 5.53. The van der Waals surface area contributed by atoms with Crippen LogP contribution in [0.1, 0.15) is 11.6 Å². The Morgan fingerprint density at radius 1 is 1.27 bits per heavy atom. The molecule has 2 aromatic rings. The molecule has 0 spiro atoms. The molecule has 8 heteroatoms. The largest absolute Gasteiger partial charge is 0.492 e. The number of nitrogens with zero attached hydrogens (tertiary/aromatic N) is 2. The summed E-state index contributed by atoms with van der Waals surface area (Å²) < 4.78 is 23.7. The highest BCUT2D eigenvalue weighted by atomic mass is 19.1. The minimum Gasteiger partial charge on any atom is -0.492 e. The summed E-state index contributed by atoms with van der Waals surface area (Å²) in [4.78, 5) is 16.1. The van der Waals surface area contributed by atoms with E-state index in [0.29, 0.717) is 10.8 Å². The van der Waals surface area contributed by atoms with E-state index < -0.39 is 6.03 Å². The lowest BCUT2D eigenvalue weighted by Crippen LogP contribution is -2.42. The molecule has 0 saturated heterocycles. The summed E-state index contributed by atoms with van der Waals surface area (Å²) in [6.45, 7) is 0.318. The molecule has 0 aromatic heterocycles. The van der Waals surface area contributed by atoms with E-state index in [1.807, 2.05) is 18.2 Å². The van der Waals surface area contributed by atoms with Crippen molar-refractivity contribution in [1.29, 1.82) is 0 Å². The van der Waals surface area contributed by atoms with E-state index in [2.05, 4.69) is 10.3 Å².